The molecule has 6 nitrogen and oxygen atoms in total. The highest BCUT2D eigenvalue weighted by Crippen LogP contribution is 2.44. The smallest absolute Gasteiger partial charge is 0.407 e. The van der Waals surface area contributed by atoms with Gasteiger partial charge in [0.15, 0.2) is 6.04 Å². The number of fused-ring (bicyclic) bond motifs is 3. The molecule has 0 unspecified atom stereocenters. The Morgan fingerprint density at radius 2 is 1.40 bits per heavy atom. The Hall–Kier alpha value is -3.64. The Labute approximate surface area is 173 Å². The minimum atomic E-state index is -1.52. The topological polar surface area (TPSA) is 95.9 Å². The van der Waals surface area contributed by atoms with Crippen molar-refractivity contribution in [1.29, 1.82) is 0 Å². The van der Waals surface area contributed by atoms with Gasteiger partial charge in [0.1, 0.15) is 12.7 Å². The molecule has 6 heteroatoms. The van der Waals surface area contributed by atoms with E-state index in [2.05, 4.69) is 5.32 Å². The highest BCUT2D eigenvalue weighted by molar-refractivity contribution is 5.81. The summed E-state index contributed by atoms with van der Waals surface area (Å²) in [6.45, 7) is 0.0631. The Morgan fingerprint density at radius 1 is 0.867 bits per heavy atom. The summed E-state index contributed by atoms with van der Waals surface area (Å²) in [5, 5.41) is 22.1. The third kappa shape index (κ3) is 3.77. The van der Waals surface area contributed by atoms with Crippen LogP contribution in [0.25, 0.3) is 11.1 Å². The number of aliphatic carboxylic acids is 1. The maximum Gasteiger partial charge on any atom is 0.407 e. The molecule has 1 amide bonds. The van der Waals surface area contributed by atoms with Crippen molar-refractivity contribution in [3.05, 3.63) is 95.6 Å². The van der Waals surface area contributed by atoms with Crippen molar-refractivity contribution in [2.45, 2.75) is 18.1 Å². The second-order valence-electron chi connectivity index (χ2n) is 7.14. The van der Waals surface area contributed by atoms with Crippen molar-refractivity contribution in [3.63, 3.8) is 0 Å². The van der Waals surface area contributed by atoms with Crippen LogP contribution in [0.15, 0.2) is 78.9 Å². The van der Waals surface area contributed by atoms with Crippen molar-refractivity contribution in [2.75, 3.05) is 6.61 Å². The number of alkyl carbamates (subject to hydrolysis) is 1. The molecule has 1 aliphatic carbocycles. The summed E-state index contributed by atoms with van der Waals surface area (Å²) in [6.07, 6.45) is -2.29. The maximum absolute atomic E-state index is 12.4. The van der Waals surface area contributed by atoms with Gasteiger partial charge in [-0.2, -0.15) is 0 Å². The van der Waals surface area contributed by atoms with Gasteiger partial charge < -0.3 is 20.3 Å². The summed E-state index contributed by atoms with van der Waals surface area (Å²) < 4.78 is 5.38. The number of carbonyl (C=O) groups is 2. The first kappa shape index (κ1) is 19.7. The van der Waals surface area contributed by atoms with E-state index in [1.54, 1.807) is 30.3 Å². The van der Waals surface area contributed by atoms with Gasteiger partial charge in [0.05, 0.1) is 0 Å². The van der Waals surface area contributed by atoms with Gasteiger partial charge in [-0.3, -0.25) is 0 Å². The van der Waals surface area contributed by atoms with Crippen LogP contribution in [-0.4, -0.2) is 34.9 Å². The number of aliphatic hydroxyl groups is 1. The molecule has 0 saturated carbocycles. The van der Waals surface area contributed by atoms with Crippen molar-refractivity contribution in [2.24, 2.45) is 0 Å². The van der Waals surface area contributed by atoms with Crippen molar-refractivity contribution >= 4 is 12.1 Å². The summed E-state index contributed by atoms with van der Waals surface area (Å²) in [4.78, 5) is 24.0. The van der Waals surface area contributed by atoms with Gasteiger partial charge in [-0.25, -0.2) is 9.59 Å². The standard InChI is InChI=1S/C24H21NO5/c26-22(15-8-2-1-3-9-15)21(23(27)28)25-24(29)30-14-20-18-12-6-4-10-16(18)17-11-5-7-13-19(17)20/h1-13,20-22,26H,14H2,(H,25,29)(H,27,28)/t21-,22-/m1/s1. The van der Waals surface area contributed by atoms with Crippen LogP contribution >= 0.6 is 0 Å². The Balaban J connectivity index is 1.46. The fraction of sp³-hybridized carbons (Fsp3) is 0.167. The van der Waals surface area contributed by atoms with E-state index in [0.29, 0.717) is 5.56 Å². The van der Waals surface area contributed by atoms with E-state index in [9.17, 15) is 19.8 Å². The number of amides is 1. The summed E-state index contributed by atoms with van der Waals surface area (Å²) in [6, 6.07) is 22.7. The molecule has 0 aromatic heterocycles. The molecule has 3 aromatic carbocycles. The Bertz CT molecular complexity index is 1020. The molecule has 0 heterocycles. The summed E-state index contributed by atoms with van der Waals surface area (Å²) >= 11 is 0. The van der Waals surface area contributed by atoms with E-state index < -0.39 is 24.2 Å². The van der Waals surface area contributed by atoms with Crippen LogP contribution in [-0.2, 0) is 9.53 Å². The molecule has 3 aromatic rings. The number of ether oxygens (including phenoxy) is 1. The van der Waals surface area contributed by atoms with Crippen molar-refractivity contribution < 1.29 is 24.5 Å². The zero-order chi connectivity index (χ0) is 21.1. The molecule has 4 rings (SSSR count). The number of benzene rings is 3. The average Bonchev–Trinajstić information content (AvgIpc) is 3.10. The average molecular weight is 403 g/mol. The summed E-state index contributed by atoms with van der Waals surface area (Å²) in [5.74, 6) is -1.48. The summed E-state index contributed by atoms with van der Waals surface area (Å²) in [5.41, 5.74) is 4.72. The van der Waals surface area contributed by atoms with Crippen LogP contribution in [0.3, 0.4) is 0 Å². The van der Waals surface area contributed by atoms with E-state index in [1.165, 1.54) is 0 Å². The van der Waals surface area contributed by atoms with Crippen LogP contribution in [0, 0.1) is 0 Å². The van der Waals surface area contributed by atoms with Gasteiger partial charge >= 0.3 is 12.1 Å². The molecule has 30 heavy (non-hydrogen) atoms. The number of nitrogens with one attached hydrogen (secondary N) is 1. The molecule has 152 valence electrons. The van der Waals surface area contributed by atoms with Gasteiger partial charge in [-0.1, -0.05) is 78.9 Å². The predicted octanol–water partition coefficient (Wildman–Crippen LogP) is 3.71. The lowest BCUT2D eigenvalue weighted by Gasteiger charge is -2.21. The third-order valence-electron chi connectivity index (χ3n) is 5.34. The molecular weight excluding hydrogens is 382 g/mol. The van der Waals surface area contributed by atoms with Gasteiger partial charge in [0, 0.05) is 5.92 Å². The van der Waals surface area contributed by atoms with Crippen LogP contribution < -0.4 is 5.32 Å². The van der Waals surface area contributed by atoms with Crippen LogP contribution in [0.4, 0.5) is 4.79 Å². The first-order valence-electron chi connectivity index (χ1n) is 9.63. The second kappa shape index (κ2) is 8.39. The Morgan fingerprint density at radius 3 is 1.97 bits per heavy atom. The second-order valence-corrected chi connectivity index (χ2v) is 7.14. The highest BCUT2D eigenvalue weighted by Gasteiger charge is 2.32. The van der Waals surface area contributed by atoms with Gasteiger partial charge in [0.25, 0.3) is 0 Å². The fourth-order valence-corrected chi connectivity index (χ4v) is 3.89. The van der Waals surface area contributed by atoms with Gasteiger partial charge in [0.2, 0.25) is 0 Å². The van der Waals surface area contributed by atoms with E-state index in [-0.39, 0.29) is 12.5 Å². The van der Waals surface area contributed by atoms with E-state index in [0.717, 1.165) is 22.3 Å². The van der Waals surface area contributed by atoms with E-state index in [4.69, 9.17) is 4.74 Å². The zero-order valence-electron chi connectivity index (χ0n) is 16.1. The fourth-order valence-electron chi connectivity index (χ4n) is 3.89. The predicted molar refractivity (Wildman–Crippen MR) is 111 cm³/mol. The number of carboxylic acid groups (broad SMARTS) is 1. The number of aliphatic hydroxyl groups excluding tert-OH is 1. The lowest BCUT2D eigenvalue weighted by molar-refractivity contribution is -0.142. The zero-order valence-corrected chi connectivity index (χ0v) is 16.1. The number of rotatable bonds is 6. The van der Waals surface area contributed by atoms with Crippen LogP contribution in [0.1, 0.15) is 28.7 Å². The molecule has 1 aliphatic rings. The normalized spacial score (nSPS) is 14.3. The third-order valence-corrected chi connectivity index (χ3v) is 5.34. The van der Waals surface area contributed by atoms with Gasteiger partial charge in [-0.15, -0.1) is 0 Å². The largest absolute Gasteiger partial charge is 0.480 e. The first-order valence-corrected chi connectivity index (χ1v) is 9.63. The van der Waals surface area contributed by atoms with Gasteiger partial charge in [-0.05, 0) is 27.8 Å². The number of hydrogen-bond donors (Lipinski definition) is 3. The van der Waals surface area contributed by atoms with Crippen LogP contribution in [0.2, 0.25) is 0 Å². The van der Waals surface area contributed by atoms with Crippen molar-refractivity contribution in [3.8, 4) is 11.1 Å². The minimum Gasteiger partial charge on any atom is -0.480 e. The number of carbonyl (C=O) groups excluding carboxylic acids is 1. The first-order chi connectivity index (χ1) is 14.6. The number of carboxylic acids is 1. The van der Waals surface area contributed by atoms with E-state index >= 15 is 0 Å². The molecular formula is C24H21NO5. The molecule has 0 aliphatic heterocycles. The molecule has 0 bridgehead atoms. The van der Waals surface area contributed by atoms with Crippen molar-refractivity contribution in [1.82, 2.24) is 5.32 Å². The quantitative estimate of drug-likeness (QED) is 0.583. The molecule has 3 N–H and O–H groups in total. The minimum absolute atomic E-state index is 0.0631. The molecule has 0 radical (unpaired) electrons. The maximum atomic E-state index is 12.4. The molecule has 0 spiro atoms. The molecule has 0 fully saturated rings. The monoisotopic (exact) mass is 403 g/mol. The highest BCUT2D eigenvalue weighted by atomic mass is 16.5. The SMILES string of the molecule is O=C(N[C@@H](C(=O)O)[C@H](O)c1ccccc1)OCC1c2ccccc2-c2ccccc21. The Kier molecular flexibility index (Phi) is 5.50. The number of hydrogen-bond acceptors (Lipinski definition) is 4. The summed E-state index contributed by atoms with van der Waals surface area (Å²) in [7, 11) is 0. The molecule has 2 atom stereocenters. The van der Waals surface area contributed by atoms with Crippen LogP contribution in [0.5, 0.6) is 0 Å². The molecule has 0 saturated heterocycles. The van der Waals surface area contributed by atoms with E-state index in [1.807, 2.05) is 48.5 Å². The lowest BCUT2D eigenvalue weighted by atomic mass is 9.98. The lowest BCUT2D eigenvalue weighted by Crippen LogP contribution is -2.45.